The Bertz CT molecular complexity index is 452. The van der Waals surface area contributed by atoms with Crippen molar-refractivity contribution in [3.63, 3.8) is 0 Å². The van der Waals surface area contributed by atoms with Crippen molar-refractivity contribution in [2.24, 2.45) is 0 Å². The number of anilines is 1. The van der Waals surface area contributed by atoms with E-state index < -0.39 is 17.7 Å². The summed E-state index contributed by atoms with van der Waals surface area (Å²) in [6, 6.07) is 4.55. The summed E-state index contributed by atoms with van der Waals surface area (Å²) in [6.45, 7) is 1.19. The largest absolute Gasteiger partial charge is 0.458 e. The molecule has 2 rings (SSSR count). The van der Waals surface area contributed by atoms with Crippen molar-refractivity contribution in [3.05, 3.63) is 29.8 Å². The van der Waals surface area contributed by atoms with Crippen molar-refractivity contribution in [1.29, 1.82) is 0 Å². The van der Waals surface area contributed by atoms with Crippen molar-refractivity contribution < 1.29 is 22.0 Å². The number of hydrogen-bond donors (Lipinski definition) is 1. The molecular weight excluding hydrogens is 279 g/mol. The van der Waals surface area contributed by atoms with Gasteiger partial charge in [0.25, 0.3) is 0 Å². The van der Waals surface area contributed by atoms with Gasteiger partial charge in [0, 0.05) is 24.8 Å². The van der Waals surface area contributed by atoms with Gasteiger partial charge < -0.3 is 5.32 Å². The van der Waals surface area contributed by atoms with Gasteiger partial charge in [-0.15, -0.1) is 0 Å². The number of piperidine rings is 1. The number of rotatable bonds is 3. The van der Waals surface area contributed by atoms with Gasteiger partial charge in [-0.25, -0.2) is 5.32 Å². The van der Waals surface area contributed by atoms with Gasteiger partial charge in [0.1, 0.15) is 0 Å². The highest BCUT2D eigenvalue weighted by Gasteiger charge is 2.59. The second-order valence-corrected chi connectivity index (χ2v) is 4.71. The van der Waals surface area contributed by atoms with E-state index in [1.54, 1.807) is 0 Å². The summed E-state index contributed by atoms with van der Waals surface area (Å²) in [6.07, 6.45) is -4.34. The van der Waals surface area contributed by atoms with E-state index in [-0.39, 0.29) is 11.7 Å². The second-order valence-electron chi connectivity index (χ2n) is 4.71. The van der Waals surface area contributed by atoms with Crippen LogP contribution >= 0.6 is 0 Å². The average Bonchev–Trinajstić information content (AvgIpc) is 2.39. The number of alkyl halides is 5. The SMILES string of the molecule is FC(F)(F)C(F)(F)c1ccccc1NC1CC[N]CC1. The molecule has 1 N–H and O–H groups in total. The molecule has 1 aliphatic heterocycles. The van der Waals surface area contributed by atoms with Crippen LogP contribution in [0, 0.1) is 0 Å². The third-order valence-corrected chi connectivity index (χ3v) is 3.25. The Balaban J connectivity index is 2.26. The topological polar surface area (TPSA) is 26.1 Å². The van der Waals surface area contributed by atoms with Crippen molar-refractivity contribution >= 4 is 5.69 Å². The van der Waals surface area contributed by atoms with Crippen LogP contribution in [0.5, 0.6) is 0 Å². The van der Waals surface area contributed by atoms with Gasteiger partial charge in [0.2, 0.25) is 0 Å². The lowest BCUT2D eigenvalue weighted by Crippen LogP contribution is -2.36. The average molecular weight is 293 g/mol. The molecule has 0 unspecified atom stereocenters. The van der Waals surface area contributed by atoms with Crippen LogP contribution in [0.25, 0.3) is 0 Å². The highest BCUT2D eigenvalue weighted by Crippen LogP contribution is 2.46. The van der Waals surface area contributed by atoms with E-state index in [0.29, 0.717) is 25.9 Å². The Hall–Kier alpha value is -1.37. The number of nitrogens with zero attached hydrogens (tertiary/aromatic N) is 1. The predicted molar refractivity (Wildman–Crippen MR) is 64.9 cm³/mol. The molecule has 1 fully saturated rings. The van der Waals surface area contributed by atoms with Crippen LogP contribution in [0.2, 0.25) is 0 Å². The summed E-state index contributed by atoms with van der Waals surface area (Å²) in [4.78, 5) is 0. The standard InChI is InChI=1S/C13H14F5N2/c14-12(15,13(16,17)18)10-3-1-2-4-11(10)20-9-5-7-19-8-6-9/h1-4,9,20H,5-8H2. The van der Waals surface area contributed by atoms with Gasteiger partial charge in [-0.1, -0.05) is 18.2 Å². The molecule has 0 spiro atoms. The molecule has 2 nitrogen and oxygen atoms in total. The first-order valence-corrected chi connectivity index (χ1v) is 6.26. The molecule has 1 saturated heterocycles. The van der Waals surface area contributed by atoms with Gasteiger partial charge in [-0.3, -0.25) is 0 Å². The maximum absolute atomic E-state index is 13.5. The van der Waals surface area contributed by atoms with Gasteiger partial charge in [-0.2, -0.15) is 22.0 Å². The van der Waals surface area contributed by atoms with Crippen LogP contribution in [0.4, 0.5) is 27.6 Å². The molecule has 0 saturated carbocycles. The van der Waals surface area contributed by atoms with Crippen LogP contribution in [-0.2, 0) is 5.92 Å². The van der Waals surface area contributed by atoms with E-state index in [9.17, 15) is 22.0 Å². The zero-order valence-electron chi connectivity index (χ0n) is 10.6. The van der Waals surface area contributed by atoms with Gasteiger partial charge in [0.15, 0.2) is 0 Å². The van der Waals surface area contributed by atoms with Crippen molar-refractivity contribution in [3.8, 4) is 0 Å². The van der Waals surface area contributed by atoms with Crippen molar-refractivity contribution in [2.75, 3.05) is 18.4 Å². The maximum Gasteiger partial charge on any atom is 0.458 e. The smallest absolute Gasteiger partial charge is 0.382 e. The van der Waals surface area contributed by atoms with E-state index in [1.807, 2.05) is 0 Å². The molecule has 0 atom stereocenters. The normalized spacial score (nSPS) is 18.1. The lowest BCUT2D eigenvalue weighted by molar-refractivity contribution is -0.289. The highest BCUT2D eigenvalue weighted by molar-refractivity contribution is 5.54. The van der Waals surface area contributed by atoms with Gasteiger partial charge >= 0.3 is 12.1 Å². The van der Waals surface area contributed by atoms with Crippen molar-refractivity contribution in [2.45, 2.75) is 31.0 Å². The number of nitrogens with one attached hydrogen (secondary N) is 1. The fourth-order valence-electron chi connectivity index (χ4n) is 2.15. The Labute approximate surface area is 113 Å². The van der Waals surface area contributed by atoms with Crippen LogP contribution in [0.15, 0.2) is 24.3 Å². The first kappa shape index (κ1) is 15.0. The summed E-state index contributed by atoms with van der Waals surface area (Å²) in [5.74, 6) is -4.87. The third kappa shape index (κ3) is 3.03. The molecule has 1 heterocycles. The monoisotopic (exact) mass is 293 g/mol. The predicted octanol–water partition coefficient (Wildman–Crippen LogP) is 3.52. The molecule has 1 aromatic rings. The van der Waals surface area contributed by atoms with Gasteiger partial charge in [-0.05, 0) is 18.9 Å². The molecule has 1 aromatic carbocycles. The minimum atomic E-state index is -5.60. The molecule has 0 bridgehead atoms. The Morgan fingerprint density at radius 1 is 1.00 bits per heavy atom. The van der Waals surface area contributed by atoms with Crippen LogP contribution in [-0.4, -0.2) is 25.3 Å². The number of benzene rings is 1. The molecule has 20 heavy (non-hydrogen) atoms. The molecule has 111 valence electrons. The molecule has 0 aromatic heterocycles. The fraction of sp³-hybridized carbons (Fsp3) is 0.538. The molecular formula is C13H14F5N2. The zero-order valence-corrected chi connectivity index (χ0v) is 10.6. The third-order valence-electron chi connectivity index (χ3n) is 3.25. The van der Waals surface area contributed by atoms with Crippen molar-refractivity contribution in [1.82, 2.24) is 5.32 Å². The molecule has 1 radical (unpaired) electrons. The summed E-state index contributed by atoms with van der Waals surface area (Å²) >= 11 is 0. The van der Waals surface area contributed by atoms with E-state index in [4.69, 9.17) is 0 Å². The lowest BCUT2D eigenvalue weighted by atomic mass is 10.0. The minimum absolute atomic E-state index is 0.127. The Morgan fingerprint density at radius 3 is 2.20 bits per heavy atom. The summed E-state index contributed by atoms with van der Waals surface area (Å²) in [7, 11) is 0. The van der Waals surface area contributed by atoms with E-state index in [0.717, 1.165) is 6.07 Å². The number of hydrogen-bond acceptors (Lipinski definition) is 1. The van der Waals surface area contributed by atoms with E-state index >= 15 is 0 Å². The lowest BCUT2D eigenvalue weighted by Gasteiger charge is -2.27. The molecule has 0 aliphatic carbocycles. The minimum Gasteiger partial charge on any atom is -0.382 e. The first-order chi connectivity index (χ1) is 9.32. The highest BCUT2D eigenvalue weighted by atomic mass is 19.4. The molecule has 1 aliphatic rings. The molecule has 7 heteroatoms. The maximum atomic E-state index is 13.5. The van der Waals surface area contributed by atoms with Crippen LogP contribution in [0.1, 0.15) is 18.4 Å². The van der Waals surface area contributed by atoms with E-state index in [2.05, 4.69) is 10.6 Å². The summed E-state index contributed by atoms with van der Waals surface area (Å²) < 4.78 is 64.4. The fourth-order valence-corrected chi connectivity index (χ4v) is 2.15. The quantitative estimate of drug-likeness (QED) is 0.848. The first-order valence-electron chi connectivity index (χ1n) is 6.26. The van der Waals surface area contributed by atoms with E-state index in [1.165, 1.54) is 18.2 Å². The Kier molecular flexibility index (Phi) is 4.17. The van der Waals surface area contributed by atoms with Gasteiger partial charge in [0.05, 0.1) is 5.56 Å². The molecule has 0 amide bonds. The zero-order chi connectivity index (χ0) is 14.8. The summed E-state index contributed by atoms with van der Waals surface area (Å²) in [5, 5.41) is 6.90. The Morgan fingerprint density at radius 2 is 1.60 bits per heavy atom. The number of halogens is 5. The number of para-hydroxylation sites is 1. The summed E-state index contributed by atoms with van der Waals surface area (Å²) in [5.41, 5.74) is -1.20. The van der Waals surface area contributed by atoms with Crippen LogP contribution in [0.3, 0.4) is 0 Å². The van der Waals surface area contributed by atoms with Crippen LogP contribution < -0.4 is 10.6 Å². The second kappa shape index (κ2) is 5.55.